The SMILES string of the molecule is COc1ccc(C(OC[C@@H](O)Cc2ccc3ccc4cccc5ccc2c3c45)(c2ccccc2)c2ccc(OC)cc2)cc1. The average molecular weight is 579 g/mol. The molecule has 0 aliphatic heterocycles. The zero-order valence-corrected chi connectivity index (χ0v) is 24.9. The lowest BCUT2D eigenvalue weighted by molar-refractivity contribution is -0.0375. The van der Waals surface area contributed by atoms with Gasteiger partial charge in [-0.2, -0.15) is 0 Å². The summed E-state index contributed by atoms with van der Waals surface area (Å²) < 4.78 is 17.9. The summed E-state index contributed by atoms with van der Waals surface area (Å²) in [5.41, 5.74) is 2.95. The predicted octanol–water partition coefficient (Wildman–Crippen LogP) is 8.51. The van der Waals surface area contributed by atoms with Crippen molar-refractivity contribution in [3.63, 3.8) is 0 Å². The van der Waals surface area contributed by atoms with Crippen LogP contribution in [0.5, 0.6) is 11.5 Å². The van der Waals surface area contributed by atoms with Crippen molar-refractivity contribution in [1.82, 2.24) is 0 Å². The van der Waals surface area contributed by atoms with Crippen LogP contribution in [0.3, 0.4) is 0 Å². The molecule has 0 radical (unpaired) electrons. The fourth-order valence-electron chi connectivity index (χ4n) is 6.58. The van der Waals surface area contributed by atoms with Crippen molar-refractivity contribution in [3.05, 3.63) is 156 Å². The summed E-state index contributed by atoms with van der Waals surface area (Å²) in [4.78, 5) is 0. The predicted molar refractivity (Wildman–Crippen MR) is 178 cm³/mol. The second-order valence-electron chi connectivity index (χ2n) is 11.3. The number of aliphatic hydroxyl groups is 1. The van der Waals surface area contributed by atoms with Crippen molar-refractivity contribution >= 4 is 32.3 Å². The lowest BCUT2D eigenvalue weighted by atomic mass is 9.80. The first-order valence-electron chi connectivity index (χ1n) is 14.9. The van der Waals surface area contributed by atoms with Crippen LogP contribution in [0.25, 0.3) is 32.3 Å². The zero-order chi connectivity index (χ0) is 30.1. The molecule has 7 rings (SSSR count). The smallest absolute Gasteiger partial charge is 0.143 e. The summed E-state index contributed by atoms with van der Waals surface area (Å²) in [7, 11) is 3.32. The number of ether oxygens (including phenoxy) is 3. The highest BCUT2D eigenvalue weighted by Gasteiger charge is 2.38. The van der Waals surface area contributed by atoms with Crippen LogP contribution in [0.2, 0.25) is 0 Å². The second kappa shape index (κ2) is 11.6. The number of hydrogen-bond acceptors (Lipinski definition) is 4. The van der Waals surface area contributed by atoms with Crippen molar-refractivity contribution in [1.29, 1.82) is 0 Å². The monoisotopic (exact) mass is 578 g/mol. The first-order valence-corrected chi connectivity index (χ1v) is 14.9. The van der Waals surface area contributed by atoms with Gasteiger partial charge in [0.25, 0.3) is 0 Å². The third-order valence-electron chi connectivity index (χ3n) is 8.74. The Morgan fingerprint density at radius 3 is 1.66 bits per heavy atom. The number of benzene rings is 7. The standard InChI is InChI=1S/C40H34O4/c1-42-35-20-16-32(17-21-35)40(31-9-4-3-5-10-31,33-18-22-36(43-2)23-19-33)44-26-34(41)25-30-14-13-29-12-11-27-7-6-8-28-15-24-37(30)39(29)38(27)28/h3-24,34,41H,25-26H2,1-2H3/t34-/m0/s1. The van der Waals surface area contributed by atoms with Crippen molar-refractivity contribution in [2.24, 2.45) is 0 Å². The number of methoxy groups -OCH3 is 2. The summed E-state index contributed by atoms with van der Waals surface area (Å²) in [5.74, 6) is 1.53. The Kier molecular flexibility index (Phi) is 7.39. The molecule has 0 aliphatic carbocycles. The molecule has 1 N–H and O–H groups in total. The molecule has 0 unspecified atom stereocenters. The molecule has 4 nitrogen and oxygen atoms in total. The first-order chi connectivity index (χ1) is 21.6. The quantitative estimate of drug-likeness (QED) is 0.131. The minimum absolute atomic E-state index is 0.120. The maximum Gasteiger partial charge on any atom is 0.143 e. The molecule has 0 aromatic heterocycles. The van der Waals surface area contributed by atoms with E-state index in [1.165, 1.54) is 32.3 Å². The Balaban J connectivity index is 1.27. The van der Waals surface area contributed by atoms with Gasteiger partial charge >= 0.3 is 0 Å². The topological polar surface area (TPSA) is 47.9 Å². The van der Waals surface area contributed by atoms with Gasteiger partial charge in [0, 0.05) is 6.42 Å². The minimum atomic E-state index is -0.983. The van der Waals surface area contributed by atoms with Crippen molar-refractivity contribution < 1.29 is 19.3 Å². The Morgan fingerprint density at radius 1 is 0.545 bits per heavy atom. The third-order valence-corrected chi connectivity index (χ3v) is 8.74. The lowest BCUT2D eigenvalue weighted by Gasteiger charge is -2.37. The maximum atomic E-state index is 11.6. The Hall–Kier alpha value is -4.90. The summed E-state index contributed by atoms with van der Waals surface area (Å²) in [5, 5.41) is 19.0. The number of rotatable bonds is 10. The molecule has 7 aromatic rings. The molecule has 4 heteroatoms. The molecule has 7 aromatic carbocycles. The van der Waals surface area contributed by atoms with E-state index in [1.807, 2.05) is 66.7 Å². The van der Waals surface area contributed by atoms with Crippen LogP contribution in [-0.4, -0.2) is 32.0 Å². The fraction of sp³-hybridized carbons (Fsp3) is 0.150. The molecule has 0 saturated heterocycles. The summed E-state index contributed by atoms with van der Waals surface area (Å²) in [6.45, 7) is 0.120. The van der Waals surface area contributed by atoms with Gasteiger partial charge in [0.05, 0.1) is 26.9 Å². The lowest BCUT2D eigenvalue weighted by Crippen LogP contribution is -2.36. The van der Waals surface area contributed by atoms with E-state index in [9.17, 15) is 5.11 Å². The van der Waals surface area contributed by atoms with Crippen LogP contribution in [0, 0.1) is 0 Å². The molecule has 0 aliphatic rings. The summed E-state index contributed by atoms with van der Waals surface area (Å²) >= 11 is 0. The largest absolute Gasteiger partial charge is 0.497 e. The van der Waals surface area contributed by atoms with E-state index in [2.05, 4.69) is 66.7 Å². The Morgan fingerprint density at radius 2 is 1.07 bits per heavy atom. The van der Waals surface area contributed by atoms with Gasteiger partial charge in [0.2, 0.25) is 0 Å². The molecular formula is C40H34O4. The van der Waals surface area contributed by atoms with Crippen LogP contribution in [0.1, 0.15) is 22.3 Å². The number of hydrogen-bond donors (Lipinski definition) is 1. The molecule has 0 spiro atoms. The molecule has 1 atom stereocenters. The van der Waals surface area contributed by atoms with Crippen LogP contribution in [0.15, 0.2) is 133 Å². The minimum Gasteiger partial charge on any atom is -0.497 e. The van der Waals surface area contributed by atoms with E-state index in [-0.39, 0.29) is 6.61 Å². The highest BCUT2D eigenvalue weighted by atomic mass is 16.5. The zero-order valence-electron chi connectivity index (χ0n) is 24.9. The van der Waals surface area contributed by atoms with E-state index >= 15 is 0 Å². The number of aliphatic hydroxyl groups excluding tert-OH is 1. The van der Waals surface area contributed by atoms with Crippen LogP contribution < -0.4 is 9.47 Å². The molecule has 0 heterocycles. The Bertz CT molecular complexity index is 1950. The van der Waals surface area contributed by atoms with Crippen molar-refractivity contribution in [2.45, 2.75) is 18.1 Å². The van der Waals surface area contributed by atoms with E-state index in [4.69, 9.17) is 14.2 Å². The summed E-state index contributed by atoms with van der Waals surface area (Å²) in [6.07, 6.45) is -0.280. The van der Waals surface area contributed by atoms with Crippen LogP contribution >= 0.6 is 0 Å². The maximum absolute atomic E-state index is 11.6. The van der Waals surface area contributed by atoms with Gasteiger partial charge in [-0.25, -0.2) is 0 Å². The molecule has 0 saturated carbocycles. The summed E-state index contributed by atoms with van der Waals surface area (Å²) in [6, 6.07) is 45.6. The van der Waals surface area contributed by atoms with Gasteiger partial charge in [-0.05, 0) is 78.8 Å². The third kappa shape index (κ3) is 4.83. The van der Waals surface area contributed by atoms with Gasteiger partial charge in [0.1, 0.15) is 17.1 Å². The highest BCUT2D eigenvalue weighted by Crippen LogP contribution is 2.42. The van der Waals surface area contributed by atoms with E-state index in [0.717, 1.165) is 33.8 Å². The van der Waals surface area contributed by atoms with Gasteiger partial charge in [0.15, 0.2) is 0 Å². The normalized spacial score (nSPS) is 12.6. The molecule has 218 valence electrons. The van der Waals surface area contributed by atoms with Crippen LogP contribution in [0.4, 0.5) is 0 Å². The van der Waals surface area contributed by atoms with Gasteiger partial charge in [-0.3, -0.25) is 0 Å². The van der Waals surface area contributed by atoms with Crippen molar-refractivity contribution in [2.75, 3.05) is 20.8 Å². The van der Waals surface area contributed by atoms with E-state index in [0.29, 0.717) is 6.42 Å². The molecule has 0 bridgehead atoms. The Labute approximate surface area is 257 Å². The van der Waals surface area contributed by atoms with Gasteiger partial charge < -0.3 is 19.3 Å². The average Bonchev–Trinajstić information content (AvgIpc) is 3.09. The van der Waals surface area contributed by atoms with E-state index < -0.39 is 11.7 Å². The first kappa shape index (κ1) is 27.9. The van der Waals surface area contributed by atoms with Gasteiger partial charge in [-0.1, -0.05) is 109 Å². The van der Waals surface area contributed by atoms with E-state index in [1.54, 1.807) is 14.2 Å². The highest BCUT2D eigenvalue weighted by molar-refractivity contribution is 6.23. The molecule has 44 heavy (non-hydrogen) atoms. The van der Waals surface area contributed by atoms with Crippen LogP contribution in [-0.2, 0) is 16.8 Å². The van der Waals surface area contributed by atoms with Crippen molar-refractivity contribution in [3.8, 4) is 11.5 Å². The molecule has 0 fully saturated rings. The fourth-order valence-corrected chi connectivity index (χ4v) is 6.58. The second-order valence-corrected chi connectivity index (χ2v) is 11.3. The molecular weight excluding hydrogens is 544 g/mol. The van der Waals surface area contributed by atoms with Gasteiger partial charge in [-0.15, -0.1) is 0 Å². The molecule has 0 amide bonds.